The molecule has 90 valence electrons. The molecule has 1 aliphatic rings. The zero-order valence-electron chi connectivity index (χ0n) is 10.1. The summed E-state index contributed by atoms with van der Waals surface area (Å²) in [6.07, 6.45) is 5.54. The predicted octanol–water partition coefficient (Wildman–Crippen LogP) is 2.65. The van der Waals surface area contributed by atoms with Gasteiger partial charge in [0.05, 0.1) is 11.5 Å². The van der Waals surface area contributed by atoms with Crippen molar-refractivity contribution in [3.63, 3.8) is 0 Å². The Hall–Kier alpha value is -0.610. The van der Waals surface area contributed by atoms with E-state index in [1.165, 1.54) is 19.3 Å². The van der Waals surface area contributed by atoms with Crippen LogP contribution in [0.5, 0.6) is 0 Å². The van der Waals surface area contributed by atoms with Crippen LogP contribution in [0, 0.1) is 5.41 Å². The molecule has 0 atom stereocenters. The zero-order valence-corrected chi connectivity index (χ0v) is 10.9. The second kappa shape index (κ2) is 4.72. The second-order valence-corrected chi connectivity index (χ2v) is 6.01. The molecule has 1 saturated heterocycles. The lowest BCUT2D eigenvalue weighted by Crippen LogP contribution is -2.38. The van der Waals surface area contributed by atoms with Crippen LogP contribution in [0.1, 0.15) is 38.0 Å². The molecule has 1 fully saturated rings. The van der Waals surface area contributed by atoms with Crippen molar-refractivity contribution >= 4 is 16.5 Å². The molecule has 2 heterocycles. The fourth-order valence-electron chi connectivity index (χ4n) is 2.11. The second-order valence-electron chi connectivity index (χ2n) is 4.92. The first-order valence-electron chi connectivity index (χ1n) is 5.97. The zero-order chi connectivity index (χ0) is 11.6. The number of nitrogens with zero attached hydrogens (tertiary/aromatic N) is 2. The maximum Gasteiger partial charge on any atom is 0.185 e. The molecule has 0 saturated carbocycles. The van der Waals surface area contributed by atoms with Gasteiger partial charge in [-0.25, -0.2) is 4.98 Å². The molecule has 0 radical (unpaired) electrons. The van der Waals surface area contributed by atoms with Crippen molar-refractivity contribution < 1.29 is 5.11 Å². The minimum Gasteiger partial charge on any atom is -0.391 e. The number of hydrogen-bond donors (Lipinski definition) is 1. The topological polar surface area (TPSA) is 36.4 Å². The molecule has 4 heteroatoms. The maximum absolute atomic E-state index is 9.02. The maximum atomic E-state index is 9.02. The van der Waals surface area contributed by atoms with E-state index in [1.54, 1.807) is 17.5 Å². The number of hydrogen-bond acceptors (Lipinski definition) is 4. The Morgan fingerprint density at radius 1 is 1.50 bits per heavy atom. The van der Waals surface area contributed by atoms with E-state index in [2.05, 4.69) is 23.7 Å². The minimum absolute atomic E-state index is 0.109. The number of aromatic nitrogens is 1. The lowest BCUT2D eigenvalue weighted by atomic mass is 9.78. The average molecular weight is 240 g/mol. The van der Waals surface area contributed by atoms with Gasteiger partial charge in [0, 0.05) is 19.3 Å². The van der Waals surface area contributed by atoms with Gasteiger partial charge in [-0.3, -0.25) is 0 Å². The number of piperidine rings is 1. The van der Waals surface area contributed by atoms with E-state index in [0.29, 0.717) is 5.41 Å². The van der Waals surface area contributed by atoms with E-state index >= 15 is 0 Å². The predicted molar refractivity (Wildman–Crippen MR) is 67.9 cm³/mol. The Morgan fingerprint density at radius 2 is 2.19 bits per heavy atom. The minimum atomic E-state index is 0.109. The lowest BCUT2D eigenvalue weighted by Gasteiger charge is -2.38. The van der Waals surface area contributed by atoms with Crippen LogP contribution in [-0.4, -0.2) is 23.2 Å². The van der Waals surface area contributed by atoms with Gasteiger partial charge >= 0.3 is 0 Å². The largest absolute Gasteiger partial charge is 0.391 e. The summed E-state index contributed by atoms with van der Waals surface area (Å²) in [5.41, 5.74) is 0.521. The fourth-order valence-corrected chi connectivity index (χ4v) is 2.93. The van der Waals surface area contributed by atoms with E-state index in [4.69, 9.17) is 5.11 Å². The molecule has 0 aliphatic carbocycles. The van der Waals surface area contributed by atoms with E-state index < -0.39 is 0 Å². The Labute approximate surface area is 101 Å². The first-order chi connectivity index (χ1) is 7.67. The number of anilines is 1. The molecule has 1 N–H and O–H groups in total. The fraction of sp³-hybridized carbons (Fsp3) is 0.750. The summed E-state index contributed by atoms with van der Waals surface area (Å²) in [7, 11) is 0. The summed E-state index contributed by atoms with van der Waals surface area (Å²) in [4.78, 5) is 7.67. The quantitative estimate of drug-likeness (QED) is 0.882. The summed E-state index contributed by atoms with van der Waals surface area (Å²) in [5.74, 6) is 0. The molecular weight excluding hydrogens is 220 g/mol. The number of aliphatic hydroxyl groups is 1. The van der Waals surface area contributed by atoms with Crippen LogP contribution in [0.3, 0.4) is 0 Å². The van der Waals surface area contributed by atoms with Crippen LogP contribution in [0.2, 0.25) is 0 Å². The normalized spacial score (nSPS) is 20.1. The molecule has 3 nitrogen and oxygen atoms in total. The van der Waals surface area contributed by atoms with E-state index in [-0.39, 0.29) is 6.61 Å². The van der Waals surface area contributed by atoms with Crippen molar-refractivity contribution in [1.29, 1.82) is 0 Å². The third kappa shape index (κ3) is 2.38. The van der Waals surface area contributed by atoms with Gasteiger partial charge in [-0.2, -0.15) is 0 Å². The molecule has 0 bridgehead atoms. The van der Waals surface area contributed by atoms with Crippen molar-refractivity contribution in [2.24, 2.45) is 5.41 Å². The van der Waals surface area contributed by atoms with E-state index in [0.717, 1.165) is 23.1 Å². The van der Waals surface area contributed by atoms with Crippen molar-refractivity contribution in [1.82, 2.24) is 4.98 Å². The Kier molecular flexibility index (Phi) is 3.50. The van der Waals surface area contributed by atoms with Gasteiger partial charge in [-0.1, -0.05) is 31.6 Å². The van der Waals surface area contributed by atoms with Gasteiger partial charge in [0.25, 0.3) is 0 Å². The third-order valence-electron chi connectivity index (χ3n) is 3.79. The highest BCUT2D eigenvalue weighted by Crippen LogP contribution is 2.36. The van der Waals surface area contributed by atoms with Crippen molar-refractivity contribution in [2.45, 2.75) is 39.7 Å². The monoisotopic (exact) mass is 240 g/mol. The first-order valence-corrected chi connectivity index (χ1v) is 6.79. The molecule has 0 amide bonds. The van der Waals surface area contributed by atoms with Crippen LogP contribution in [0.15, 0.2) is 6.20 Å². The van der Waals surface area contributed by atoms with Crippen LogP contribution >= 0.6 is 11.3 Å². The van der Waals surface area contributed by atoms with Gasteiger partial charge < -0.3 is 10.0 Å². The molecule has 2 rings (SSSR count). The lowest BCUT2D eigenvalue weighted by molar-refractivity contribution is 0.238. The standard InChI is InChI=1S/C12H20N2OS/c1-3-12(2)4-6-14(7-5-12)11-13-8-10(9-15)16-11/h8,15H,3-7,9H2,1-2H3. The molecular formula is C12H20N2OS. The Balaban J connectivity index is 1.98. The van der Waals surface area contributed by atoms with Crippen LogP contribution in [-0.2, 0) is 6.61 Å². The van der Waals surface area contributed by atoms with Crippen molar-refractivity contribution in [2.75, 3.05) is 18.0 Å². The highest BCUT2D eigenvalue weighted by atomic mass is 32.1. The summed E-state index contributed by atoms with van der Waals surface area (Å²) in [6.45, 7) is 6.97. The molecule has 16 heavy (non-hydrogen) atoms. The number of thiazole rings is 1. The highest BCUT2D eigenvalue weighted by molar-refractivity contribution is 7.15. The molecule has 0 spiro atoms. The average Bonchev–Trinajstić information content (AvgIpc) is 2.79. The summed E-state index contributed by atoms with van der Waals surface area (Å²) < 4.78 is 0. The van der Waals surface area contributed by atoms with E-state index in [1.807, 2.05) is 0 Å². The smallest absolute Gasteiger partial charge is 0.185 e. The van der Waals surface area contributed by atoms with Crippen molar-refractivity contribution in [3.05, 3.63) is 11.1 Å². The van der Waals surface area contributed by atoms with Crippen LogP contribution in [0.25, 0.3) is 0 Å². The van der Waals surface area contributed by atoms with Crippen LogP contribution in [0.4, 0.5) is 5.13 Å². The van der Waals surface area contributed by atoms with Gasteiger partial charge in [0.1, 0.15) is 0 Å². The SMILES string of the molecule is CCC1(C)CCN(c2ncc(CO)s2)CC1. The van der Waals surface area contributed by atoms with Gasteiger partial charge in [-0.15, -0.1) is 0 Å². The molecule has 1 aromatic rings. The summed E-state index contributed by atoms with van der Waals surface area (Å²) >= 11 is 1.61. The van der Waals surface area contributed by atoms with E-state index in [9.17, 15) is 0 Å². The van der Waals surface area contributed by atoms with Gasteiger partial charge in [0.15, 0.2) is 5.13 Å². The summed E-state index contributed by atoms with van der Waals surface area (Å²) in [5, 5.41) is 10.1. The molecule has 0 unspecified atom stereocenters. The first kappa shape index (κ1) is 11.9. The Morgan fingerprint density at radius 3 is 2.69 bits per heavy atom. The summed E-state index contributed by atoms with van der Waals surface area (Å²) in [6, 6.07) is 0. The van der Waals surface area contributed by atoms with Crippen LogP contribution < -0.4 is 4.90 Å². The third-order valence-corrected chi connectivity index (χ3v) is 4.83. The molecule has 0 aromatic carbocycles. The van der Waals surface area contributed by atoms with Crippen molar-refractivity contribution in [3.8, 4) is 0 Å². The Bertz CT molecular complexity index is 343. The van der Waals surface area contributed by atoms with Gasteiger partial charge in [0.2, 0.25) is 0 Å². The molecule has 1 aliphatic heterocycles. The van der Waals surface area contributed by atoms with Gasteiger partial charge in [-0.05, 0) is 18.3 Å². The number of aliphatic hydroxyl groups excluding tert-OH is 1. The molecule has 1 aromatic heterocycles. The number of rotatable bonds is 3. The highest BCUT2D eigenvalue weighted by Gasteiger charge is 2.29.